The van der Waals surface area contributed by atoms with E-state index in [1.807, 2.05) is 36.4 Å². The molecule has 1 saturated heterocycles. The molecule has 6 nitrogen and oxygen atoms in total. The third-order valence-corrected chi connectivity index (χ3v) is 7.14. The highest BCUT2D eigenvalue weighted by Crippen LogP contribution is 2.42. The molecule has 0 radical (unpaired) electrons. The molecular weight excluding hydrogens is 444 g/mol. The van der Waals surface area contributed by atoms with E-state index in [9.17, 15) is 4.79 Å². The first kappa shape index (κ1) is 21.4. The molecule has 3 aromatic rings. The van der Waals surface area contributed by atoms with E-state index in [1.165, 1.54) is 0 Å². The third-order valence-electron chi connectivity index (χ3n) is 5.81. The van der Waals surface area contributed by atoms with E-state index in [-0.39, 0.29) is 18.1 Å². The number of nitrogens with one attached hydrogen (secondary N) is 2. The Morgan fingerprint density at radius 2 is 2.12 bits per heavy atom. The number of aromatic nitrogens is 1. The average Bonchev–Trinajstić information content (AvgIpc) is 3.52. The molecule has 5 rings (SSSR count). The van der Waals surface area contributed by atoms with Crippen LogP contribution in [-0.2, 0) is 22.4 Å². The summed E-state index contributed by atoms with van der Waals surface area (Å²) in [5, 5.41) is 7.89. The first-order valence-electron chi connectivity index (χ1n) is 10.8. The van der Waals surface area contributed by atoms with E-state index >= 15 is 0 Å². The first-order valence-corrected chi connectivity index (χ1v) is 12.0. The molecule has 3 heterocycles. The lowest BCUT2D eigenvalue weighted by atomic mass is 10.0. The number of hydrogen-bond donors (Lipinski definition) is 3. The van der Waals surface area contributed by atoms with Crippen molar-refractivity contribution in [3.05, 3.63) is 64.3 Å². The van der Waals surface area contributed by atoms with Gasteiger partial charge in [0.25, 0.3) is 0 Å². The summed E-state index contributed by atoms with van der Waals surface area (Å²) in [4.78, 5) is 17.7. The number of nitrogens with two attached hydrogens (primary N) is 1. The zero-order chi connectivity index (χ0) is 22.1. The molecule has 8 heteroatoms. The van der Waals surface area contributed by atoms with E-state index in [2.05, 4.69) is 16.7 Å². The van der Waals surface area contributed by atoms with Crippen molar-refractivity contribution in [2.75, 3.05) is 23.8 Å². The molecule has 0 aliphatic carbocycles. The molecule has 4 N–H and O–H groups in total. The Labute approximate surface area is 196 Å². The summed E-state index contributed by atoms with van der Waals surface area (Å²) in [5.74, 6) is 0.0397. The lowest BCUT2D eigenvalue weighted by molar-refractivity contribution is -0.115. The van der Waals surface area contributed by atoms with Crippen LogP contribution < -0.4 is 16.4 Å². The van der Waals surface area contributed by atoms with Gasteiger partial charge in [-0.05, 0) is 60.2 Å². The number of rotatable bonds is 7. The molecule has 2 aromatic carbocycles. The summed E-state index contributed by atoms with van der Waals surface area (Å²) in [7, 11) is 0. The van der Waals surface area contributed by atoms with Crippen LogP contribution in [0.5, 0.6) is 0 Å². The van der Waals surface area contributed by atoms with Crippen LogP contribution in [0.15, 0.2) is 42.5 Å². The molecule has 0 saturated carbocycles. The molecule has 1 aromatic heterocycles. The Hall–Kier alpha value is -2.45. The van der Waals surface area contributed by atoms with Crippen molar-refractivity contribution in [1.29, 1.82) is 0 Å². The SMILES string of the molecule is NC(CNc1nc(C2CCCO2)c(-c2ccc3c(c2)CC(=O)N3)s1)Cc1ccc(Cl)cc1. The average molecular weight is 469 g/mol. The summed E-state index contributed by atoms with van der Waals surface area (Å²) in [6, 6.07) is 13.9. The largest absolute Gasteiger partial charge is 0.372 e. The van der Waals surface area contributed by atoms with Crippen LogP contribution >= 0.6 is 22.9 Å². The Morgan fingerprint density at radius 3 is 2.91 bits per heavy atom. The Balaban J connectivity index is 1.34. The number of ether oxygens (including phenoxy) is 1. The molecule has 0 spiro atoms. The molecule has 0 bridgehead atoms. The normalized spacial score (nSPS) is 18.4. The van der Waals surface area contributed by atoms with Gasteiger partial charge in [0.15, 0.2) is 5.13 Å². The summed E-state index contributed by atoms with van der Waals surface area (Å²) in [6.07, 6.45) is 3.19. The number of halogens is 1. The maximum Gasteiger partial charge on any atom is 0.228 e. The summed E-state index contributed by atoms with van der Waals surface area (Å²) in [5.41, 5.74) is 11.5. The van der Waals surface area contributed by atoms with Gasteiger partial charge in [0.2, 0.25) is 5.91 Å². The van der Waals surface area contributed by atoms with Gasteiger partial charge >= 0.3 is 0 Å². The van der Waals surface area contributed by atoms with E-state index in [0.29, 0.717) is 13.0 Å². The van der Waals surface area contributed by atoms with Crippen LogP contribution in [0.4, 0.5) is 10.8 Å². The second-order valence-electron chi connectivity index (χ2n) is 8.30. The number of hydrogen-bond acceptors (Lipinski definition) is 6. The fourth-order valence-corrected chi connectivity index (χ4v) is 5.36. The number of fused-ring (bicyclic) bond motifs is 1. The van der Waals surface area contributed by atoms with E-state index in [4.69, 9.17) is 27.1 Å². The number of carbonyl (C=O) groups is 1. The number of amides is 1. The number of thiazole rings is 1. The highest BCUT2D eigenvalue weighted by Gasteiger charge is 2.27. The predicted molar refractivity (Wildman–Crippen MR) is 129 cm³/mol. The minimum absolute atomic E-state index is 0.00699. The second-order valence-corrected chi connectivity index (χ2v) is 9.74. The highest BCUT2D eigenvalue weighted by atomic mass is 35.5. The van der Waals surface area contributed by atoms with Gasteiger partial charge < -0.3 is 21.1 Å². The van der Waals surface area contributed by atoms with Gasteiger partial charge in [-0.15, -0.1) is 0 Å². The predicted octanol–water partition coefficient (Wildman–Crippen LogP) is 4.79. The molecule has 166 valence electrons. The topological polar surface area (TPSA) is 89.3 Å². The third kappa shape index (κ3) is 4.66. The summed E-state index contributed by atoms with van der Waals surface area (Å²) in [6.45, 7) is 1.38. The van der Waals surface area contributed by atoms with Crippen molar-refractivity contribution in [2.24, 2.45) is 5.73 Å². The van der Waals surface area contributed by atoms with Gasteiger partial charge in [-0.2, -0.15) is 0 Å². The van der Waals surface area contributed by atoms with Crippen molar-refractivity contribution in [1.82, 2.24) is 4.98 Å². The smallest absolute Gasteiger partial charge is 0.228 e. The van der Waals surface area contributed by atoms with E-state index in [0.717, 1.165) is 69.0 Å². The van der Waals surface area contributed by atoms with Gasteiger partial charge in [0.05, 0.1) is 17.0 Å². The second kappa shape index (κ2) is 9.19. The Bertz CT molecular complexity index is 1130. The van der Waals surface area contributed by atoms with Crippen LogP contribution in [-0.4, -0.2) is 30.1 Å². The molecule has 2 aliphatic rings. The van der Waals surface area contributed by atoms with Crippen LogP contribution in [0.3, 0.4) is 0 Å². The van der Waals surface area contributed by atoms with Crippen molar-refractivity contribution in [2.45, 2.75) is 37.8 Å². The minimum Gasteiger partial charge on any atom is -0.372 e. The van der Waals surface area contributed by atoms with Gasteiger partial charge in [-0.3, -0.25) is 4.79 Å². The van der Waals surface area contributed by atoms with Crippen LogP contribution in [0.2, 0.25) is 5.02 Å². The lowest BCUT2D eigenvalue weighted by Gasteiger charge is -2.12. The van der Waals surface area contributed by atoms with Gasteiger partial charge in [-0.1, -0.05) is 41.1 Å². The Morgan fingerprint density at radius 1 is 1.28 bits per heavy atom. The molecule has 32 heavy (non-hydrogen) atoms. The maximum absolute atomic E-state index is 11.8. The fraction of sp³-hybridized carbons (Fsp3) is 0.333. The molecule has 2 aliphatic heterocycles. The Kier molecular flexibility index (Phi) is 6.15. The van der Waals surface area contributed by atoms with Crippen molar-refractivity contribution in [3.8, 4) is 10.4 Å². The van der Waals surface area contributed by atoms with Gasteiger partial charge in [0, 0.05) is 29.9 Å². The number of benzene rings is 2. The highest BCUT2D eigenvalue weighted by molar-refractivity contribution is 7.19. The number of anilines is 2. The summed E-state index contributed by atoms with van der Waals surface area (Å²) < 4.78 is 5.95. The van der Waals surface area contributed by atoms with E-state index in [1.54, 1.807) is 11.3 Å². The zero-order valence-corrected chi connectivity index (χ0v) is 19.1. The summed E-state index contributed by atoms with van der Waals surface area (Å²) >= 11 is 7.58. The van der Waals surface area contributed by atoms with Gasteiger partial charge in [0.1, 0.15) is 6.10 Å². The minimum atomic E-state index is -0.0493. The van der Waals surface area contributed by atoms with E-state index < -0.39 is 0 Å². The monoisotopic (exact) mass is 468 g/mol. The molecule has 2 atom stereocenters. The molecule has 1 fully saturated rings. The first-order chi connectivity index (χ1) is 15.5. The van der Waals surface area contributed by atoms with Crippen molar-refractivity contribution in [3.63, 3.8) is 0 Å². The molecular formula is C24H25ClN4O2S. The quantitative estimate of drug-likeness (QED) is 0.463. The molecule has 2 unspecified atom stereocenters. The number of carbonyl (C=O) groups excluding carboxylic acids is 1. The number of nitrogens with zero attached hydrogens (tertiary/aromatic N) is 1. The standard InChI is InChI=1S/C24H25ClN4O2S/c25-17-6-3-14(4-7-17)10-18(26)13-27-24-29-22(20-2-1-9-31-20)23(32-24)15-5-8-19-16(11-15)12-21(30)28-19/h3-8,11,18,20H,1-2,9-10,12-13,26H2,(H,27,29)(H,28,30). The van der Waals surface area contributed by atoms with Crippen LogP contribution in [0, 0.1) is 0 Å². The molecule has 1 amide bonds. The van der Waals surface area contributed by atoms with Crippen molar-refractivity contribution < 1.29 is 9.53 Å². The van der Waals surface area contributed by atoms with Crippen LogP contribution in [0.1, 0.15) is 35.8 Å². The fourth-order valence-electron chi connectivity index (χ4n) is 4.21. The maximum atomic E-state index is 11.8. The van der Waals surface area contributed by atoms with Crippen molar-refractivity contribution >= 4 is 39.7 Å². The zero-order valence-electron chi connectivity index (χ0n) is 17.6. The lowest BCUT2D eigenvalue weighted by Crippen LogP contribution is -2.31. The van der Waals surface area contributed by atoms with Crippen LogP contribution in [0.25, 0.3) is 10.4 Å². The van der Waals surface area contributed by atoms with Gasteiger partial charge in [-0.25, -0.2) is 4.98 Å².